The van der Waals surface area contributed by atoms with Crippen LogP contribution >= 0.6 is 0 Å². The summed E-state index contributed by atoms with van der Waals surface area (Å²) < 4.78 is 1.78. The molecule has 11 heavy (non-hydrogen) atoms. The summed E-state index contributed by atoms with van der Waals surface area (Å²) in [5.41, 5.74) is 0. The molecule has 0 aliphatic carbocycles. The summed E-state index contributed by atoms with van der Waals surface area (Å²) in [6, 6.07) is 1.86. The number of anilines is 1. The van der Waals surface area contributed by atoms with Crippen LogP contribution in [0.5, 0.6) is 0 Å². The lowest BCUT2D eigenvalue weighted by Gasteiger charge is -2.00. The van der Waals surface area contributed by atoms with Crippen molar-refractivity contribution in [1.82, 2.24) is 19.6 Å². The van der Waals surface area contributed by atoms with Crippen LogP contribution in [0, 0.1) is 0 Å². The van der Waals surface area contributed by atoms with Gasteiger partial charge in [0.25, 0.3) is 5.78 Å². The molecule has 0 amide bonds. The van der Waals surface area contributed by atoms with E-state index in [0.717, 1.165) is 5.82 Å². The summed E-state index contributed by atoms with van der Waals surface area (Å²) in [5, 5.41) is 10.5. The lowest BCUT2D eigenvalue weighted by molar-refractivity contribution is 1.10. The predicted molar refractivity (Wildman–Crippen MR) is 40.3 cm³/mol. The largest absolute Gasteiger partial charge is 0.374 e. The molecule has 1 N–H and O–H groups in total. The Morgan fingerprint density at radius 2 is 2.45 bits per heavy atom. The van der Waals surface area contributed by atoms with Crippen LogP contribution < -0.4 is 5.32 Å². The zero-order valence-electron chi connectivity index (χ0n) is 6.02. The summed E-state index contributed by atoms with van der Waals surface area (Å²) in [7, 11) is 1.84. The molecule has 56 valence electrons. The van der Waals surface area contributed by atoms with Gasteiger partial charge in [-0.3, -0.25) is 4.40 Å². The summed E-state index contributed by atoms with van der Waals surface area (Å²) in [6.45, 7) is 0. The van der Waals surface area contributed by atoms with Gasteiger partial charge in [0.2, 0.25) is 0 Å². The Balaban J connectivity index is 2.79. The third-order valence-corrected chi connectivity index (χ3v) is 1.47. The summed E-state index contributed by atoms with van der Waals surface area (Å²) in [5.74, 6) is 1.54. The fourth-order valence-corrected chi connectivity index (χ4v) is 0.945. The van der Waals surface area contributed by atoms with Crippen molar-refractivity contribution in [3.05, 3.63) is 18.6 Å². The maximum absolute atomic E-state index is 4.00. The van der Waals surface area contributed by atoms with Crippen LogP contribution in [0.2, 0.25) is 0 Å². The fourth-order valence-electron chi connectivity index (χ4n) is 0.945. The van der Waals surface area contributed by atoms with Crippen LogP contribution in [0.25, 0.3) is 5.78 Å². The first-order valence-corrected chi connectivity index (χ1v) is 3.24. The van der Waals surface area contributed by atoms with Gasteiger partial charge in [-0.1, -0.05) is 0 Å². The average Bonchev–Trinajstić information content (AvgIpc) is 2.50. The molecular formula is C6H7N5. The van der Waals surface area contributed by atoms with Crippen LogP contribution in [0.1, 0.15) is 0 Å². The summed E-state index contributed by atoms with van der Waals surface area (Å²) in [4.78, 5) is 4.00. The minimum atomic E-state index is 0.608. The molecule has 0 atom stereocenters. The van der Waals surface area contributed by atoms with Gasteiger partial charge in [0.05, 0.1) is 0 Å². The van der Waals surface area contributed by atoms with E-state index in [-0.39, 0.29) is 0 Å². The van der Waals surface area contributed by atoms with Crippen LogP contribution in [0.3, 0.4) is 0 Å². The Kier molecular flexibility index (Phi) is 1.21. The van der Waals surface area contributed by atoms with Gasteiger partial charge in [0, 0.05) is 13.2 Å². The molecule has 5 heteroatoms. The van der Waals surface area contributed by atoms with E-state index < -0.39 is 0 Å². The highest BCUT2D eigenvalue weighted by Gasteiger charge is 1.98. The standard InChI is InChI=1S/C6H7N5/c1-7-5-2-3-8-6-10-9-4-11(5)6/h2-4,7H,1H3. The number of aromatic nitrogens is 4. The third kappa shape index (κ3) is 0.813. The minimum absolute atomic E-state index is 0.608. The van der Waals surface area contributed by atoms with E-state index in [9.17, 15) is 0 Å². The van der Waals surface area contributed by atoms with Crippen molar-refractivity contribution in [3.8, 4) is 0 Å². The van der Waals surface area contributed by atoms with Gasteiger partial charge in [-0.05, 0) is 6.07 Å². The molecule has 0 saturated heterocycles. The normalized spacial score (nSPS) is 10.3. The Labute approximate surface area is 63.1 Å². The van der Waals surface area contributed by atoms with Gasteiger partial charge >= 0.3 is 0 Å². The van der Waals surface area contributed by atoms with Crippen molar-refractivity contribution in [2.45, 2.75) is 0 Å². The molecule has 2 aromatic heterocycles. The zero-order chi connectivity index (χ0) is 7.68. The second-order valence-electron chi connectivity index (χ2n) is 2.08. The van der Waals surface area contributed by atoms with Gasteiger partial charge < -0.3 is 5.32 Å². The van der Waals surface area contributed by atoms with E-state index in [1.807, 2.05) is 13.1 Å². The summed E-state index contributed by atoms with van der Waals surface area (Å²) >= 11 is 0. The molecule has 2 rings (SSSR count). The first-order chi connectivity index (χ1) is 5.42. The maximum Gasteiger partial charge on any atom is 0.256 e. The molecule has 5 nitrogen and oxygen atoms in total. The maximum atomic E-state index is 4.00. The highest BCUT2D eigenvalue weighted by atomic mass is 15.3. The van der Waals surface area contributed by atoms with Crippen molar-refractivity contribution >= 4 is 11.6 Å². The molecule has 0 aliphatic rings. The Bertz CT molecular complexity index is 366. The second-order valence-corrected chi connectivity index (χ2v) is 2.08. The Morgan fingerprint density at radius 1 is 1.55 bits per heavy atom. The van der Waals surface area contributed by atoms with Crippen LogP contribution in [0.4, 0.5) is 5.82 Å². The topological polar surface area (TPSA) is 55.1 Å². The van der Waals surface area contributed by atoms with E-state index in [4.69, 9.17) is 0 Å². The molecular weight excluding hydrogens is 142 g/mol. The Morgan fingerprint density at radius 3 is 3.27 bits per heavy atom. The van der Waals surface area contributed by atoms with Gasteiger partial charge in [0.1, 0.15) is 12.1 Å². The van der Waals surface area contributed by atoms with Gasteiger partial charge in [-0.2, -0.15) is 0 Å². The average molecular weight is 149 g/mol. The molecule has 0 aliphatic heterocycles. The first kappa shape index (κ1) is 6.09. The highest BCUT2D eigenvalue weighted by molar-refractivity contribution is 5.42. The van der Waals surface area contributed by atoms with Gasteiger partial charge in [0.15, 0.2) is 0 Å². The van der Waals surface area contributed by atoms with Crippen molar-refractivity contribution in [2.75, 3.05) is 12.4 Å². The lowest BCUT2D eigenvalue weighted by Crippen LogP contribution is -1.97. The number of nitrogens with zero attached hydrogens (tertiary/aromatic N) is 4. The summed E-state index contributed by atoms with van der Waals surface area (Å²) in [6.07, 6.45) is 3.31. The van der Waals surface area contributed by atoms with E-state index in [1.54, 1.807) is 16.9 Å². The molecule has 0 spiro atoms. The number of nitrogens with one attached hydrogen (secondary N) is 1. The molecule has 0 aromatic carbocycles. The van der Waals surface area contributed by atoms with Gasteiger partial charge in [-0.25, -0.2) is 4.98 Å². The highest BCUT2D eigenvalue weighted by Crippen LogP contribution is 2.04. The van der Waals surface area contributed by atoms with E-state index in [1.165, 1.54) is 0 Å². The van der Waals surface area contributed by atoms with E-state index in [2.05, 4.69) is 20.5 Å². The van der Waals surface area contributed by atoms with E-state index in [0.29, 0.717) is 5.78 Å². The quantitative estimate of drug-likeness (QED) is 0.627. The molecule has 2 aromatic rings. The van der Waals surface area contributed by atoms with Crippen LogP contribution in [0.15, 0.2) is 18.6 Å². The number of hydrogen-bond donors (Lipinski definition) is 1. The molecule has 0 fully saturated rings. The number of rotatable bonds is 1. The number of fused-ring (bicyclic) bond motifs is 1. The van der Waals surface area contributed by atoms with Crippen LogP contribution in [-0.4, -0.2) is 26.6 Å². The number of hydrogen-bond acceptors (Lipinski definition) is 4. The zero-order valence-corrected chi connectivity index (χ0v) is 6.02. The van der Waals surface area contributed by atoms with Crippen LogP contribution in [-0.2, 0) is 0 Å². The third-order valence-electron chi connectivity index (χ3n) is 1.47. The Hall–Kier alpha value is -1.65. The lowest BCUT2D eigenvalue weighted by atomic mass is 10.6. The monoisotopic (exact) mass is 149 g/mol. The fraction of sp³-hybridized carbons (Fsp3) is 0.167. The van der Waals surface area contributed by atoms with Crippen molar-refractivity contribution in [2.24, 2.45) is 0 Å². The predicted octanol–water partition coefficient (Wildman–Crippen LogP) is 0.166. The van der Waals surface area contributed by atoms with E-state index >= 15 is 0 Å². The van der Waals surface area contributed by atoms with Crippen molar-refractivity contribution in [3.63, 3.8) is 0 Å². The van der Waals surface area contributed by atoms with Crippen molar-refractivity contribution in [1.29, 1.82) is 0 Å². The minimum Gasteiger partial charge on any atom is -0.374 e. The van der Waals surface area contributed by atoms with Crippen molar-refractivity contribution < 1.29 is 0 Å². The molecule has 0 bridgehead atoms. The molecule has 0 unspecified atom stereocenters. The first-order valence-electron chi connectivity index (χ1n) is 3.24. The molecule has 0 radical (unpaired) electrons. The molecule has 2 heterocycles. The second kappa shape index (κ2) is 2.19. The molecule has 0 saturated carbocycles. The SMILES string of the molecule is CNc1ccnc2nncn12. The van der Waals surface area contributed by atoms with Gasteiger partial charge in [-0.15, -0.1) is 10.2 Å². The smallest absolute Gasteiger partial charge is 0.256 e.